The van der Waals surface area contributed by atoms with E-state index in [1.807, 2.05) is 18.7 Å². The van der Waals surface area contributed by atoms with Crippen LogP contribution in [0, 0.1) is 0 Å². The van der Waals surface area contributed by atoms with E-state index in [2.05, 4.69) is 4.36 Å². The Bertz CT molecular complexity index is 217. The number of carbonyl (C=O) groups is 1. The maximum atomic E-state index is 11.0. The minimum Gasteiger partial charge on any atom is -0.444 e. The van der Waals surface area contributed by atoms with Crippen LogP contribution in [-0.2, 0) is 19.6 Å². The van der Waals surface area contributed by atoms with Crippen molar-refractivity contribution in [2.75, 3.05) is 25.9 Å². The fourth-order valence-corrected chi connectivity index (χ4v) is 1.16. The molecule has 5 heteroatoms. The molecule has 0 atom stereocenters. The first kappa shape index (κ1) is 11.6. The fraction of sp³-hybridized carbons (Fsp3) is 0.857. The highest BCUT2D eigenvalue weighted by atomic mass is 32.2. The minimum absolute atomic E-state index is 0.270. The van der Waals surface area contributed by atoms with Crippen LogP contribution in [0.5, 0.6) is 0 Å². The fourth-order valence-electron chi connectivity index (χ4n) is 0.811. The van der Waals surface area contributed by atoms with E-state index >= 15 is 0 Å². The zero-order chi connectivity index (χ0) is 9.56. The Morgan fingerprint density at radius 3 is 2.25 bits per heavy atom. The van der Waals surface area contributed by atoms with Crippen LogP contribution in [0.15, 0.2) is 4.36 Å². The Labute approximate surface area is 75.2 Å². The van der Waals surface area contributed by atoms with E-state index in [0.717, 1.165) is 13.1 Å². The highest BCUT2D eigenvalue weighted by Gasteiger charge is 2.02. The standard InChI is InChI=1S/C7H15N2O2S/c1-4-9(5-2)6-7(10)8-12(3)11/h4-6H2,1-3H3/q-1. The third-order valence-electron chi connectivity index (χ3n) is 1.48. The molecule has 1 amide bonds. The van der Waals surface area contributed by atoms with Crippen LogP contribution in [0.1, 0.15) is 13.8 Å². The van der Waals surface area contributed by atoms with Gasteiger partial charge in [-0.3, -0.25) is 9.69 Å². The molecular formula is C7H15N2O2S-. The summed E-state index contributed by atoms with van der Waals surface area (Å²) in [6.07, 6.45) is 1.39. The molecule has 0 rings (SSSR count). The average Bonchev–Trinajstić information content (AvgIpc) is 1.98. The third-order valence-corrected chi connectivity index (χ3v) is 1.94. The summed E-state index contributed by atoms with van der Waals surface area (Å²) < 4.78 is 13.9. The first-order valence-electron chi connectivity index (χ1n) is 3.90. The Kier molecular flexibility index (Phi) is 5.92. The molecule has 0 aromatic carbocycles. The molecule has 0 saturated carbocycles. The Balaban J connectivity index is 3.99. The SMILES string of the molecule is CCN(CC)CC(=O)N=[S-](C)=O. The van der Waals surface area contributed by atoms with Crippen LogP contribution in [0.25, 0.3) is 0 Å². The summed E-state index contributed by atoms with van der Waals surface area (Å²) in [5, 5.41) is 0. The molecule has 0 aliphatic heterocycles. The zero-order valence-corrected chi connectivity index (χ0v) is 8.56. The molecular weight excluding hydrogens is 176 g/mol. The van der Waals surface area contributed by atoms with Crippen LogP contribution in [0.3, 0.4) is 0 Å². The molecule has 0 spiro atoms. The van der Waals surface area contributed by atoms with Gasteiger partial charge in [0.15, 0.2) is 0 Å². The lowest BCUT2D eigenvalue weighted by Gasteiger charge is -2.15. The van der Waals surface area contributed by atoms with Crippen molar-refractivity contribution in [2.45, 2.75) is 13.8 Å². The number of nitrogens with zero attached hydrogens (tertiary/aromatic N) is 2. The lowest BCUT2D eigenvalue weighted by molar-refractivity contribution is -0.118. The van der Waals surface area contributed by atoms with Crippen LogP contribution in [0.2, 0.25) is 0 Å². The number of likely N-dealkylation sites (N-methyl/N-ethyl adjacent to an activating group) is 1. The van der Waals surface area contributed by atoms with Gasteiger partial charge in [0, 0.05) is 0 Å². The average molecular weight is 191 g/mol. The number of rotatable bonds is 4. The molecule has 12 heavy (non-hydrogen) atoms. The molecule has 0 aromatic rings. The largest absolute Gasteiger partial charge is 0.444 e. The van der Waals surface area contributed by atoms with Crippen LogP contribution in [0.4, 0.5) is 0 Å². The molecule has 0 bridgehead atoms. The van der Waals surface area contributed by atoms with Gasteiger partial charge in [-0.25, -0.2) is 0 Å². The Morgan fingerprint density at radius 1 is 1.42 bits per heavy atom. The van der Waals surface area contributed by atoms with Crippen LogP contribution >= 0.6 is 0 Å². The van der Waals surface area contributed by atoms with Gasteiger partial charge in [0.25, 0.3) is 0 Å². The molecule has 0 aliphatic carbocycles. The van der Waals surface area contributed by atoms with Gasteiger partial charge in [0.2, 0.25) is 5.91 Å². The minimum atomic E-state index is -1.37. The van der Waals surface area contributed by atoms with E-state index in [4.69, 9.17) is 0 Å². The van der Waals surface area contributed by atoms with Gasteiger partial charge < -0.3 is 8.57 Å². The van der Waals surface area contributed by atoms with Gasteiger partial charge in [0.1, 0.15) is 0 Å². The van der Waals surface area contributed by atoms with Gasteiger partial charge >= 0.3 is 0 Å². The first-order chi connectivity index (χ1) is 5.60. The highest BCUT2D eigenvalue weighted by molar-refractivity contribution is 7.74. The van der Waals surface area contributed by atoms with E-state index in [9.17, 15) is 9.00 Å². The van der Waals surface area contributed by atoms with Crippen molar-refractivity contribution in [3.63, 3.8) is 0 Å². The van der Waals surface area contributed by atoms with Crippen molar-refractivity contribution in [3.05, 3.63) is 0 Å². The van der Waals surface area contributed by atoms with Gasteiger partial charge in [-0.15, -0.1) is 6.26 Å². The molecule has 0 aliphatic rings. The molecule has 0 heterocycles. The smallest absolute Gasteiger partial charge is 0.236 e. The second kappa shape index (κ2) is 6.14. The maximum Gasteiger partial charge on any atom is 0.236 e. The highest BCUT2D eigenvalue weighted by Crippen LogP contribution is 1.88. The van der Waals surface area contributed by atoms with E-state index in [1.165, 1.54) is 6.26 Å². The molecule has 0 unspecified atom stereocenters. The summed E-state index contributed by atoms with van der Waals surface area (Å²) in [5.41, 5.74) is 0. The second-order valence-electron chi connectivity index (χ2n) is 2.37. The summed E-state index contributed by atoms with van der Waals surface area (Å²) in [5.74, 6) is -0.306. The maximum absolute atomic E-state index is 11.0. The predicted octanol–water partition coefficient (Wildman–Crippen LogP) is 0.632. The van der Waals surface area contributed by atoms with Crippen molar-refractivity contribution in [1.29, 1.82) is 0 Å². The van der Waals surface area contributed by atoms with E-state index < -0.39 is 10.6 Å². The van der Waals surface area contributed by atoms with Gasteiger partial charge in [-0.05, 0) is 13.1 Å². The van der Waals surface area contributed by atoms with E-state index in [-0.39, 0.29) is 12.5 Å². The Morgan fingerprint density at radius 2 is 1.92 bits per heavy atom. The summed E-state index contributed by atoms with van der Waals surface area (Å²) >= 11 is 0. The topological polar surface area (TPSA) is 49.7 Å². The lowest BCUT2D eigenvalue weighted by Crippen LogP contribution is -2.28. The third kappa shape index (κ3) is 5.26. The van der Waals surface area contributed by atoms with E-state index in [1.54, 1.807) is 0 Å². The summed E-state index contributed by atoms with van der Waals surface area (Å²) in [7, 11) is -1.37. The Hall–Kier alpha value is -0.420. The molecule has 4 nitrogen and oxygen atoms in total. The monoisotopic (exact) mass is 191 g/mol. The molecule has 72 valence electrons. The second-order valence-corrected chi connectivity index (χ2v) is 3.40. The van der Waals surface area contributed by atoms with Crippen LogP contribution < -0.4 is 0 Å². The van der Waals surface area contributed by atoms with Crippen molar-refractivity contribution in [3.8, 4) is 0 Å². The normalized spacial score (nSPS) is 13.7. The van der Waals surface area contributed by atoms with Crippen molar-refractivity contribution >= 4 is 16.5 Å². The molecule has 0 aromatic heterocycles. The van der Waals surface area contributed by atoms with Crippen molar-refractivity contribution in [2.24, 2.45) is 4.36 Å². The molecule has 0 N–H and O–H groups in total. The molecule has 0 fully saturated rings. The summed E-state index contributed by atoms with van der Waals surface area (Å²) in [4.78, 5) is 12.9. The molecule has 0 saturated heterocycles. The summed E-state index contributed by atoms with van der Waals surface area (Å²) in [6.45, 7) is 5.84. The number of amides is 1. The van der Waals surface area contributed by atoms with Crippen LogP contribution in [-0.4, -0.2) is 36.7 Å². The number of hydrogen-bond donors (Lipinski definition) is 0. The zero-order valence-electron chi connectivity index (χ0n) is 7.74. The summed E-state index contributed by atoms with van der Waals surface area (Å²) in [6, 6.07) is 0. The first-order valence-corrected chi connectivity index (χ1v) is 5.42. The lowest BCUT2D eigenvalue weighted by atomic mass is 10.5. The number of hydrogen-bond acceptors (Lipinski definition) is 4. The quantitative estimate of drug-likeness (QED) is 0.612. The van der Waals surface area contributed by atoms with E-state index in [0.29, 0.717) is 0 Å². The predicted molar refractivity (Wildman–Crippen MR) is 49.2 cm³/mol. The van der Waals surface area contributed by atoms with Gasteiger partial charge in [-0.2, -0.15) is 10.6 Å². The van der Waals surface area contributed by atoms with Crippen molar-refractivity contribution < 1.29 is 9.00 Å². The molecule has 0 radical (unpaired) electrons. The van der Waals surface area contributed by atoms with Gasteiger partial charge in [0.05, 0.1) is 6.54 Å². The van der Waals surface area contributed by atoms with Crippen molar-refractivity contribution in [1.82, 2.24) is 4.90 Å². The number of carbonyl (C=O) groups excluding carboxylic acids is 1. The van der Waals surface area contributed by atoms with Gasteiger partial charge in [-0.1, -0.05) is 13.8 Å².